The second-order valence-electron chi connectivity index (χ2n) is 5.17. The summed E-state index contributed by atoms with van der Waals surface area (Å²) in [6, 6.07) is 18.0. The third-order valence-corrected chi connectivity index (χ3v) is 4.44. The number of benzene rings is 2. The zero-order valence-electron chi connectivity index (χ0n) is 12.5. The Kier molecular flexibility index (Phi) is 5.88. The molecule has 2 nitrogen and oxygen atoms in total. The minimum atomic E-state index is -1.30. The smallest absolute Gasteiger partial charge is 0.172 e. The first-order valence-electron chi connectivity index (χ1n) is 7.25. The van der Waals surface area contributed by atoms with Crippen LogP contribution in [0.4, 0.5) is 0 Å². The molecule has 0 amide bonds. The number of aryl methyl sites for hydroxylation is 1. The summed E-state index contributed by atoms with van der Waals surface area (Å²) in [4.78, 5) is 0.756. The van der Waals surface area contributed by atoms with E-state index in [1.165, 1.54) is 5.56 Å². The quantitative estimate of drug-likeness (QED) is 0.729. The van der Waals surface area contributed by atoms with Gasteiger partial charge in [-0.05, 0) is 43.4 Å². The summed E-state index contributed by atoms with van der Waals surface area (Å²) in [5, 5.41) is 0. The van der Waals surface area contributed by atoms with Crippen LogP contribution in [0.1, 0.15) is 24.5 Å². The van der Waals surface area contributed by atoms with Gasteiger partial charge in [0, 0.05) is 6.21 Å². The summed E-state index contributed by atoms with van der Waals surface area (Å²) in [5.74, 6) is 0.321. The first-order chi connectivity index (χ1) is 10.2. The molecule has 2 atom stereocenters. The maximum atomic E-state index is 12.1. The molecule has 1 unspecified atom stereocenters. The van der Waals surface area contributed by atoms with Crippen molar-refractivity contribution in [3.63, 3.8) is 0 Å². The van der Waals surface area contributed by atoms with Crippen molar-refractivity contribution < 1.29 is 4.21 Å². The van der Waals surface area contributed by atoms with E-state index < -0.39 is 11.0 Å². The van der Waals surface area contributed by atoms with Crippen LogP contribution in [0.15, 0.2) is 63.9 Å². The third kappa shape index (κ3) is 4.94. The molecule has 3 heteroatoms. The van der Waals surface area contributed by atoms with Crippen LogP contribution >= 0.6 is 0 Å². The van der Waals surface area contributed by atoms with E-state index in [9.17, 15) is 4.21 Å². The van der Waals surface area contributed by atoms with Crippen molar-refractivity contribution in [1.29, 1.82) is 0 Å². The van der Waals surface area contributed by atoms with E-state index in [4.69, 9.17) is 0 Å². The molecule has 2 aromatic rings. The monoisotopic (exact) mass is 299 g/mol. The van der Waals surface area contributed by atoms with Crippen LogP contribution in [0, 0.1) is 12.8 Å². The highest BCUT2D eigenvalue weighted by Crippen LogP contribution is 2.13. The fourth-order valence-electron chi connectivity index (χ4n) is 2.08. The van der Waals surface area contributed by atoms with E-state index in [-0.39, 0.29) is 0 Å². The van der Waals surface area contributed by atoms with Crippen molar-refractivity contribution >= 4 is 17.2 Å². The SMILES string of the molecule is CCC(/C=N\[S@@](=O)c1ccc(C)cc1)Cc1ccccc1. The normalized spacial score (nSPS) is 14.2. The minimum Gasteiger partial charge on any atom is -0.230 e. The predicted molar refractivity (Wildman–Crippen MR) is 90.0 cm³/mol. The number of rotatable bonds is 6. The van der Waals surface area contributed by atoms with E-state index >= 15 is 0 Å². The molecule has 0 bridgehead atoms. The molecule has 0 saturated heterocycles. The van der Waals surface area contributed by atoms with Crippen LogP contribution in [-0.2, 0) is 17.4 Å². The molecule has 0 aliphatic rings. The molecule has 0 N–H and O–H groups in total. The van der Waals surface area contributed by atoms with E-state index in [1.807, 2.05) is 55.6 Å². The molecule has 0 aliphatic heterocycles. The van der Waals surface area contributed by atoms with Crippen LogP contribution in [-0.4, -0.2) is 10.4 Å². The predicted octanol–water partition coefficient (Wildman–Crippen LogP) is 4.36. The van der Waals surface area contributed by atoms with Gasteiger partial charge in [-0.2, -0.15) is 4.40 Å². The summed E-state index contributed by atoms with van der Waals surface area (Å²) in [6.45, 7) is 4.15. The molecule has 110 valence electrons. The summed E-state index contributed by atoms with van der Waals surface area (Å²) in [7, 11) is -1.30. The largest absolute Gasteiger partial charge is 0.230 e. The Hall–Kier alpha value is -1.74. The topological polar surface area (TPSA) is 29.4 Å². The van der Waals surface area contributed by atoms with Gasteiger partial charge in [-0.25, -0.2) is 4.21 Å². The highest BCUT2D eigenvalue weighted by Gasteiger charge is 2.06. The average molecular weight is 299 g/mol. The van der Waals surface area contributed by atoms with Gasteiger partial charge in [0.05, 0.1) is 4.90 Å². The van der Waals surface area contributed by atoms with Gasteiger partial charge in [0.2, 0.25) is 0 Å². The van der Waals surface area contributed by atoms with Crippen molar-refractivity contribution in [2.75, 3.05) is 0 Å². The van der Waals surface area contributed by atoms with Crippen LogP contribution in [0.2, 0.25) is 0 Å². The van der Waals surface area contributed by atoms with Crippen LogP contribution < -0.4 is 0 Å². The lowest BCUT2D eigenvalue weighted by Gasteiger charge is -2.09. The van der Waals surface area contributed by atoms with E-state index in [1.54, 1.807) is 0 Å². The van der Waals surface area contributed by atoms with Crippen LogP contribution in [0.3, 0.4) is 0 Å². The van der Waals surface area contributed by atoms with E-state index in [0.29, 0.717) is 5.92 Å². The van der Waals surface area contributed by atoms with Gasteiger partial charge >= 0.3 is 0 Å². The second-order valence-corrected chi connectivity index (χ2v) is 6.36. The molecule has 21 heavy (non-hydrogen) atoms. The molecule has 0 aliphatic carbocycles. The Bertz CT molecular complexity index is 605. The minimum absolute atomic E-state index is 0.321. The van der Waals surface area contributed by atoms with Crippen molar-refractivity contribution in [2.24, 2.45) is 10.3 Å². The van der Waals surface area contributed by atoms with Gasteiger partial charge in [-0.1, -0.05) is 55.0 Å². The lowest BCUT2D eigenvalue weighted by atomic mass is 9.98. The van der Waals surface area contributed by atoms with Crippen LogP contribution in [0.5, 0.6) is 0 Å². The second kappa shape index (κ2) is 7.89. The van der Waals surface area contributed by atoms with Crippen molar-refractivity contribution in [3.05, 3.63) is 65.7 Å². The van der Waals surface area contributed by atoms with Gasteiger partial charge < -0.3 is 0 Å². The summed E-state index contributed by atoms with van der Waals surface area (Å²) in [6.07, 6.45) is 3.78. The lowest BCUT2D eigenvalue weighted by molar-refractivity contribution is 0.671. The van der Waals surface area contributed by atoms with Gasteiger partial charge in [0.25, 0.3) is 0 Å². The van der Waals surface area contributed by atoms with Gasteiger partial charge in [-0.15, -0.1) is 0 Å². The maximum absolute atomic E-state index is 12.1. The van der Waals surface area contributed by atoms with Crippen molar-refractivity contribution in [3.8, 4) is 0 Å². The molecule has 0 saturated carbocycles. The molecular formula is C18H21NOS. The fraction of sp³-hybridized carbons (Fsp3) is 0.278. The van der Waals surface area contributed by atoms with Gasteiger partial charge in [0.15, 0.2) is 11.0 Å². The summed E-state index contributed by atoms with van der Waals surface area (Å²) >= 11 is 0. The molecule has 0 aromatic heterocycles. The molecule has 0 heterocycles. The molecule has 0 fully saturated rings. The Morgan fingerprint density at radius 2 is 1.76 bits per heavy atom. The zero-order valence-corrected chi connectivity index (χ0v) is 13.3. The van der Waals surface area contributed by atoms with Crippen molar-refractivity contribution in [2.45, 2.75) is 31.6 Å². The maximum Gasteiger partial charge on any atom is 0.172 e. The Morgan fingerprint density at radius 3 is 2.38 bits per heavy atom. The average Bonchev–Trinajstić information content (AvgIpc) is 2.52. The highest BCUT2D eigenvalue weighted by molar-refractivity contribution is 7.83. The molecule has 2 rings (SSSR count). The first-order valence-corrected chi connectivity index (χ1v) is 8.36. The number of hydrogen-bond donors (Lipinski definition) is 0. The van der Waals surface area contributed by atoms with Gasteiger partial charge in [0.1, 0.15) is 0 Å². The molecule has 0 radical (unpaired) electrons. The lowest BCUT2D eigenvalue weighted by Crippen LogP contribution is -2.05. The fourth-order valence-corrected chi connectivity index (χ4v) is 2.85. The van der Waals surface area contributed by atoms with Crippen LogP contribution in [0.25, 0.3) is 0 Å². The molecule has 0 spiro atoms. The standard InChI is InChI=1S/C18H21NOS/c1-3-16(13-17-7-5-4-6-8-17)14-19-21(20)18-11-9-15(2)10-12-18/h4-12,14,16H,3,13H2,1-2H3/b19-14-/t16?,21-/m0/s1. The summed E-state index contributed by atoms with van der Waals surface area (Å²) in [5.41, 5.74) is 2.45. The van der Waals surface area contributed by atoms with Crippen molar-refractivity contribution in [1.82, 2.24) is 0 Å². The van der Waals surface area contributed by atoms with Gasteiger partial charge in [-0.3, -0.25) is 0 Å². The number of nitrogens with zero attached hydrogens (tertiary/aromatic N) is 1. The third-order valence-electron chi connectivity index (χ3n) is 3.46. The highest BCUT2D eigenvalue weighted by atomic mass is 32.2. The first kappa shape index (κ1) is 15.6. The Balaban J connectivity index is 2.00. The Labute approximate surface area is 129 Å². The van der Waals surface area contributed by atoms with E-state index in [0.717, 1.165) is 23.3 Å². The number of hydrogen-bond acceptors (Lipinski definition) is 1. The molecular weight excluding hydrogens is 278 g/mol. The van der Waals surface area contributed by atoms with E-state index in [2.05, 4.69) is 23.5 Å². The Morgan fingerprint density at radius 1 is 1.10 bits per heavy atom. The summed E-state index contributed by atoms with van der Waals surface area (Å²) < 4.78 is 16.4. The zero-order chi connectivity index (χ0) is 15.1. The molecule has 2 aromatic carbocycles.